The lowest BCUT2D eigenvalue weighted by Crippen LogP contribution is -2.42. The second-order valence-electron chi connectivity index (χ2n) is 6.80. The van der Waals surface area contributed by atoms with Crippen LogP contribution in [0.25, 0.3) is 0 Å². The van der Waals surface area contributed by atoms with Crippen LogP contribution in [0.5, 0.6) is 0 Å². The lowest BCUT2D eigenvalue weighted by Gasteiger charge is -2.24. The molecular weight excluding hydrogens is 356 g/mol. The molecule has 7 nitrogen and oxygen atoms in total. The van der Waals surface area contributed by atoms with Gasteiger partial charge < -0.3 is 15.4 Å². The minimum Gasteiger partial charge on any atom is -0.376 e. The van der Waals surface area contributed by atoms with Crippen molar-refractivity contribution in [3.05, 3.63) is 75.8 Å². The van der Waals surface area contributed by atoms with Crippen molar-refractivity contribution in [2.75, 3.05) is 13.2 Å². The van der Waals surface area contributed by atoms with Gasteiger partial charge in [0.15, 0.2) is 5.96 Å². The Morgan fingerprint density at radius 1 is 1.07 bits per heavy atom. The molecule has 0 radical (unpaired) electrons. The van der Waals surface area contributed by atoms with E-state index in [9.17, 15) is 10.1 Å². The molecule has 1 atom stereocenters. The first-order valence-corrected chi connectivity index (χ1v) is 9.62. The normalized spacial score (nSPS) is 17.1. The van der Waals surface area contributed by atoms with Crippen molar-refractivity contribution in [3.8, 4) is 0 Å². The highest BCUT2D eigenvalue weighted by Crippen LogP contribution is 2.13. The van der Waals surface area contributed by atoms with Gasteiger partial charge >= 0.3 is 0 Å². The topological polar surface area (TPSA) is 88.8 Å². The minimum atomic E-state index is -0.393. The van der Waals surface area contributed by atoms with Crippen LogP contribution in [0.3, 0.4) is 0 Å². The summed E-state index contributed by atoms with van der Waals surface area (Å²) in [6.45, 7) is 2.63. The molecule has 1 unspecified atom stereocenters. The van der Waals surface area contributed by atoms with Gasteiger partial charge in [-0.25, -0.2) is 4.99 Å². The summed E-state index contributed by atoms with van der Waals surface area (Å²) in [4.78, 5) is 15.1. The number of hydrogen-bond acceptors (Lipinski definition) is 4. The average molecular weight is 382 g/mol. The third-order valence-corrected chi connectivity index (χ3v) is 4.64. The van der Waals surface area contributed by atoms with Crippen molar-refractivity contribution in [2.24, 2.45) is 4.99 Å². The third-order valence-electron chi connectivity index (χ3n) is 4.64. The van der Waals surface area contributed by atoms with E-state index in [0.29, 0.717) is 25.6 Å². The number of nitro benzene ring substituents is 1. The number of ether oxygens (including phenoxy) is 1. The van der Waals surface area contributed by atoms with Crippen LogP contribution in [0.4, 0.5) is 5.69 Å². The molecule has 0 saturated carbocycles. The Morgan fingerprint density at radius 2 is 1.86 bits per heavy atom. The molecule has 1 fully saturated rings. The summed E-state index contributed by atoms with van der Waals surface area (Å²) in [5, 5.41) is 17.5. The van der Waals surface area contributed by atoms with Crippen molar-refractivity contribution in [1.29, 1.82) is 0 Å². The van der Waals surface area contributed by atoms with Gasteiger partial charge in [-0.2, -0.15) is 0 Å². The summed E-state index contributed by atoms with van der Waals surface area (Å²) in [5.74, 6) is 0.705. The fourth-order valence-corrected chi connectivity index (χ4v) is 3.03. The molecular formula is C21H26N4O3. The van der Waals surface area contributed by atoms with Crippen molar-refractivity contribution in [1.82, 2.24) is 10.6 Å². The number of non-ortho nitro benzene ring substituents is 1. The maximum atomic E-state index is 10.8. The monoisotopic (exact) mass is 382 g/mol. The maximum absolute atomic E-state index is 10.8. The number of aliphatic imine (C=N–C) groups is 1. The summed E-state index contributed by atoms with van der Waals surface area (Å²) < 4.78 is 5.78. The quantitative estimate of drug-likeness (QED) is 0.332. The molecule has 1 saturated heterocycles. The molecule has 3 rings (SSSR count). The minimum absolute atomic E-state index is 0.0919. The Labute approximate surface area is 165 Å². The smallest absolute Gasteiger partial charge is 0.269 e. The van der Waals surface area contributed by atoms with E-state index in [1.54, 1.807) is 12.1 Å². The van der Waals surface area contributed by atoms with E-state index >= 15 is 0 Å². The molecule has 2 N–H and O–H groups in total. The van der Waals surface area contributed by atoms with Crippen molar-refractivity contribution >= 4 is 11.6 Å². The van der Waals surface area contributed by atoms with E-state index in [2.05, 4.69) is 15.6 Å². The first-order chi connectivity index (χ1) is 13.7. The van der Waals surface area contributed by atoms with Gasteiger partial charge in [0, 0.05) is 31.8 Å². The number of nitrogens with one attached hydrogen (secondary N) is 2. The van der Waals surface area contributed by atoms with Gasteiger partial charge in [-0.3, -0.25) is 10.1 Å². The summed E-state index contributed by atoms with van der Waals surface area (Å²) in [5.41, 5.74) is 2.18. The van der Waals surface area contributed by atoms with E-state index in [1.807, 2.05) is 30.3 Å². The highest BCUT2D eigenvalue weighted by molar-refractivity contribution is 5.79. The number of guanidine groups is 1. The first-order valence-electron chi connectivity index (χ1n) is 9.62. The summed E-state index contributed by atoms with van der Waals surface area (Å²) >= 11 is 0. The number of benzene rings is 2. The SMILES string of the molecule is O=[N+]([O-])c1ccc(CNC(=NCc2ccccc2)NCC2CCCCO2)cc1. The average Bonchev–Trinajstić information content (AvgIpc) is 2.75. The molecule has 2 aromatic rings. The van der Waals surface area contributed by atoms with Crippen LogP contribution < -0.4 is 10.6 Å². The van der Waals surface area contributed by atoms with E-state index in [-0.39, 0.29) is 11.8 Å². The van der Waals surface area contributed by atoms with E-state index < -0.39 is 4.92 Å². The fourth-order valence-electron chi connectivity index (χ4n) is 3.03. The molecule has 1 heterocycles. The first kappa shape index (κ1) is 19.8. The summed E-state index contributed by atoms with van der Waals surface area (Å²) in [7, 11) is 0. The molecule has 0 aliphatic carbocycles. The Kier molecular flexibility index (Phi) is 7.37. The number of nitro groups is 1. The predicted octanol–water partition coefficient (Wildman–Crippen LogP) is 3.40. The third kappa shape index (κ3) is 6.35. The largest absolute Gasteiger partial charge is 0.376 e. The second-order valence-corrected chi connectivity index (χ2v) is 6.80. The van der Waals surface area contributed by atoms with Crippen LogP contribution in [0.1, 0.15) is 30.4 Å². The molecule has 28 heavy (non-hydrogen) atoms. The van der Waals surface area contributed by atoms with Crippen LogP contribution >= 0.6 is 0 Å². The van der Waals surface area contributed by atoms with Crippen molar-refractivity contribution in [3.63, 3.8) is 0 Å². The Bertz CT molecular complexity index is 772. The van der Waals surface area contributed by atoms with E-state index in [0.717, 1.165) is 30.6 Å². The van der Waals surface area contributed by atoms with Gasteiger partial charge in [-0.1, -0.05) is 42.5 Å². The molecule has 0 bridgehead atoms. The lowest BCUT2D eigenvalue weighted by molar-refractivity contribution is -0.384. The van der Waals surface area contributed by atoms with Crippen LogP contribution in [0.2, 0.25) is 0 Å². The van der Waals surface area contributed by atoms with Gasteiger partial charge in [0.1, 0.15) is 0 Å². The van der Waals surface area contributed by atoms with E-state index in [1.165, 1.54) is 18.6 Å². The molecule has 148 valence electrons. The Morgan fingerprint density at radius 3 is 2.54 bits per heavy atom. The van der Waals surface area contributed by atoms with Gasteiger partial charge in [0.2, 0.25) is 0 Å². The summed E-state index contributed by atoms with van der Waals surface area (Å²) in [6, 6.07) is 16.6. The Balaban J connectivity index is 1.59. The number of hydrogen-bond donors (Lipinski definition) is 2. The standard InChI is InChI=1S/C21H26N4O3/c26-25(27)19-11-9-18(10-12-19)15-23-21(22-14-17-6-2-1-3-7-17)24-16-20-8-4-5-13-28-20/h1-3,6-7,9-12,20H,4-5,8,13-16H2,(H2,22,23,24). The van der Waals surface area contributed by atoms with Crippen LogP contribution in [0.15, 0.2) is 59.6 Å². The van der Waals surface area contributed by atoms with Gasteiger partial charge in [-0.05, 0) is 30.4 Å². The Hall–Kier alpha value is -2.93. The molecule has 0 spiro atoms. The molecule has 0 aromatic heterocycles. The van der Waals surface area contributed by atoms with E-state index in [4.69, 9.17) is 4.74 Å². The zero-order chi connectivity index (χ0) is 19.6. The predicted molar refractivity (Wildman–Crippen MR) is 109 cm³/mol. The number of nitrogens with zero attached hydrogens (tertiary/aromatic N) is 2. The second kappa shape index (κ2) is 10.4. The van der Waals surface area contributed by atoms with Gasteiger partial charge in [0.05, 0.1) is 17.6 Å². The highest BCUT2D eigenvalue weighted by Gasteiger charge is 2.14. The molecule has 1 aliphatic rings. The molecule has 2 aromatic carbocycles. The van der Waals surface area contributed by atoms with Crippen molar-refractivity contribution in [2.45, 2.75) is 38.5 Å². The fraction of sp³-hybridized carbons (Fsp3) is 0.381. The van der Waals surface area contributed by atoms with Gasteiger partial charge in [-0.15, -0.1) is 0 Å². The van der Waals surface area contributed by atoms with Crippen LogP contribution in [-0.2, 0) is 17.8 Å². The molecule has 1 aliphatic heterocycles. The molecule has 7 heteroatoms. The van der Waals surface area contributed by atoms with Gasteiger partial charge in [0.25, 0.3) is 5.69 Å². The zero-order valence-corrected chi connectivity index (χ0v) is 15.8. The summed E-state index contributed by atoms with van der Waals surface area (Å²) in [6.07, 6.45) is 3.58. The van der Waals surface area contributed by atoms with Crippen LogP contribution in [-0.4, -0.2) is 30.1 Å². The van der Waals surface area contributed by atoms with Crippen molar-refractivity contribution < 1.29 is 9.66 Å². The van der Waals surface area contributed by atoms with Crippen LogP contribution in [0, 0.1) is 10.1 Å². The number of rotatable bonds is 7. The molecule has 0 amide bonds. The maximum Gasteiger partial charge on any atom is 0.269 e. The highest BCUT2D eigenvalue weighted by atomic mass is 16.6. The zero-order valence-electron chi connectivity index (χ0n) is 15.8. The lowest BCUT2D eigenvalue weighted by atomic mass is 10.1.